The lowest BCUT2D eigenvalue weighted by atomic mass is 10.2. The minimum atomic E-state index is -1.29. The number of aliphatic carboxylic acids is 1. The van der Waals surface area contributed by atoms with E-state index in [4.69, 9.17) is 28.8 Å². The van der Waals surface area contributed by atoms with E-state index in [-0.39, 0.29) is 70.7 Å². The average Bonchev–Trinajstić information content (AvgIpc) is 2.89. The van der Waals surface area contributed by atoms with Gasteiger partial charge in [0.25, 0.3) is 0 Å². The second-order valence-electron chi connectivity index (χ2n) is 8.34. The van der Waals surface area contributed by atoms with Crippen LogP contribution in [0.4, 0.5) is 0 Å². The van der Waals surface area contributed by atoms with Crippen molar-refractivity contribution in [1.29, 1.82) is 0 Å². The molecule has 5 N–H and O–H groups in total. The summed E-state index contributed by atoms with van der Waals surface area (Å²) in [6.45, 7) is 4.12. The Kier molecular flexibility index (Phi) is 22.0. The molecule has 0 aromatic heterocycles. The molecule has 41 heavy (non-hydrogen) atoms. The Hall–Kier alpha value is -2.99. The van der Waals surface area contributed by atoms with Crippen LogP contribution < -0.4 is 16.0 Å². The molecule has 0 radical (unpaired) electrons. The fraction of sp³-hybridized carbons (Fsp3) is 0.750. The van der Waals surface area contributed by atoms with Crippen LogP contribution >= 0.6 is 11.8 Å². The number of carboxylic acid groups (broad SMARTS) is 1. The molecule has 0 spiro atoms. The summed E-state index contributed by atoms with van der Waals surface area (Å²) in [5, 5.41) is 25.5. The summed E-state index contributed by atoms with van der Waals surface area (Å²) in [5.74, 6) is -3.75. The average molecular weight is 612 g/mol. The number of aliphatic hydroxyl groups is 1. The Balaban J connectivity index is 4.45. The molecule has 0 aliphatic rings. The SMILES string of the molecule is CC(=O)N[C@@H](CSC[C@@H](COC(C)=O)OC(C)=O)C(=O)N[C@@H](CO)C(=O)NCCOCCOCCOCCC(=O)O. The predicted octanol–water partition coefficient (Wildman–Crippen LogP) is -2.16. The van der Waals surface area contributed by atoms with Gasteiger partial charge in [-0.15, -0.1) is 0 Å². The van der Waals surface area contributed by atoms with E-state index < -0.39 is 60.4 Å². The topological polar surface area (TPSA) is 225 Å². The minimum Gasteiger partial charge on any atom is -0.481 e. The number of hydrogen-bond donors (Lipinski definition) is 5. The van der Waals surface area contributed by atoms with Crippen molar-refractivity contribution < 1.29 is 62.7 Å². The number of carbonyl (C=O) groups excluding carboxylic acids is 5. The standard InChI is InChI=1S/C24H41N3O13S/c1-16(29)26-21(15-41-14-19(40-18(3)31)13-39-17(2)30)24(35)27-20(12-28)23(34)25-5-7-37-9-11-38-10-8-36-6-4-22(32)33/h19-21,28H,4-15H2,1-3H3,(H,25,34)(H,26,29)(H,27,35)(H,32,33)/t19-,20+,21+/m1/s1. The van der Waals surface area contributed by atoms with Crippen molar-refractivity contribution in [2.24, 2.45) is 0 Å². The number of carboxylic acids is 1. The summed E-state index contributed by atoms with van der Waals surface area (Å²) >= 11 is 1.14. The zero-order chi connectivity index (χ0) is 31.0. The Morgan fingerprint density at radius 2 is 1.37 bits per heavy atom. The van der Waals surface area contributed by atoms with Gasteiger partial charge in [0.05, 0.1) is 52.7 Å². The summed E-state index contributed by atoms with van der Waals surface area (Å²) in [5.41, 5.74) is 0. The number of aliphatic hydroxyl groups excluding tert-OH is 1. The lowest BCUT2D eigenvalue weighted by Gasteiger charge is -2.22. The molecular formula is C24H41N3O13S. The van der Waals surface area contributed by atoms with Crippen molar-refractivity contribution in [3.63, 3.8) is 0 Å². The Morgan fingerprint density at radius 1 is 0.756 bits per heavy atom. The van der Waals surface area contributed by atoms with Crippen molar-refractivity contribution >= 4 is 47.4 Å². The molecule has 0 rings (SSSR count). The zero-order valence-corrected chi connectivity index (χ0v) is 24.3. The van der Waals surface area contributed by atoms with E-state index in [1.165, 1.54) is 20.8 Å². The molecule has 0 saturated carbocycles. The van der Waals surface area contributed by atoms with Gasteiger partial charge in [-0.3, -0.25) is 28.8 Å². The molecule has 0 aromatic carbocycles. The fourth-order valence-corrected chi connectivity index (χ4v) is 3.88. The minimum absolute atomic E-state index is 0.0351. The summed E-state index contributed by atoms with van der Waals surface area (Å²) in [6.07, 6.45) is -0.846. The highest BCUT2D eigenvalue weighted by atomic mass is 32.2. The first-order valence-corrected chi connectivity index (χ1v) is 13.9. The van der Waals surface area contributed by atoms with E-state index in [1.54, 1.807) is 0 Å². The van der Waals surface area contributed by atoms with Crippen molar-refractivity contribution in [2.75, 3.05) is 70.9 Å². The molecule has 3 atom stereocenters. The van der Waals surface area contributed by atoms with Crippen molar-refractivity contribution in [1.82, 2.24) is 16.0 Å². The second-order valence-corrected chi connectivity index (χ2v) is 9.42. The van der Waals surface area contributed by atoms with Gasteiger partial charge >= 0.3 is 17.9 Å². The first-order valence-electron chi connectivity index (χ1n) is 12.8. The molecule has 0 aromatic rings. The molecule has 16 nitrogen and oxygen atoms in total. The molecule has 0 heterocycles. The number of thioether (sulfide) groups is 1. The molecule has 0 fully saturated rings. The van der Waals surface area contributed by atoms with E-state index in [0.717, 1.165) is 11.8 Å². The van der Waals surface area contributed by atoms with Gasteiger partial charge in [0.2, 0.25) is 17.7 Å². The number of nitrogens with one attached hydrogen (secondary N) is 3. The molecule has 236 valence electrons. The summed E-state index contributed by atoms with van der Waals surface area (Å²) in [4.78, 5) is 69.5. The Morgan fingerprint density at radius 3 is 1.90 bits per heavy atom. The largest absolute Gasteiger partial charge is 0.481 e. The highest BCUT2D eigenvalue weighted by molar-refractivity contribution is 7.99. The molecule has 0 aliphatic carbocycles. The number of esters is 2. The van der Waals surface area contributed by atoms with Crippen LogP contribution in [0.15, 0.2) is 0 Å². The maximum atomic E-state index is 12.8. The first-order chi connectivity index (χ1) is 19.5. The van der Waals surface area contributed by atoms with Gasteiger partial charge in [-0.25, -0.2) is 0 Å². The van der Waals surface area contributed by atoms with Crippen molar-refractivity contribution in [3.05, 3.63) is 0 Å². The Labute approximate surface area is 242 Å². The third-order valence-corrected chi connectivity index (χ3v) is 5.83. The number of rotatable bonds is 24. The predicted molar refractivity (Wildman–Crippen MR) is 144 cm³/mol. The van der Waals surface area contributed by atoms with Gasteiger partial charge in [0, 0.05) is 38.8 Å². The zero-order valence-electron chi connectivity index (χ0n) is 23.5. The smallest absolute Gasteiger partial charge is 0.305 e. The highest BCUT2D eigenvalue weighted by Gasteiger charge is 2.26. The van der Waals surface area contributed by atoms with Crippen LogP contribution in [0.5, 0.6) is 0 Å². The fourth-order valence-electron chi connectivity index (χ4n) is 2.84. The molecule has 17 heteroatoms. The van der Waals surface area contributed by atoms with Crippen LogP contribution in [0.1, 0.15) is 27.2 Å². The van der Waals surface area contributed by atoms with Crippen LogP contribution in [0, 0.1) is 0 Å². The van der Waals surface area contributed by atoms with Gasteiger partial charge in [0.1, 0.15) is 24.8 Å². The van der Waals surface area contributed by atoms with Crippen LogP contribution in [-0.2, 0) is 52.5 Å². The van der Waals surface area contributed by atoms with Crippen LogP contribution in [0.3, 0.4) is 0 Å². The third kappa shape index (κ3) is 22.4. The number of amides is 3. The van der Waals surface area contributed by atoms with Crippen molar-refractivity contribution in [2.45, 2.75) is 45.4 Å². The number of carbonyl (C=O) groups is 6. The quantitative estimate of drug-likeness (QED) is 0.0579. The molecule has 0 aliphatic heterocycles. The van der Waals surface area contributed by atoms with Crippen LogP contribution in [0.2, 0.25) is 0 Å². The molecule has 3 amide bonds. The lowest BCUT2D eigenvalue weighted by molar-refractivity contribution is -0.154. The Bertz CT molecular complexity index is 831. The van der Waals surface area contributed by atoms with Crippen molar-refractivity contribution in [3.8, 4) is 0 Å². The molecule has 0 bridgehead atoms. The maximum Gasteiger partial charge on any atom is 0.305 e. The van der Waals surface area contributed by atoms with E-state index in [2.05, 4.69) is 16.0 Å². The van der Waals surface area contributed by atoms with Gasteiger partial charge in [-0.1, -0.05) is 0 Å². The van der Waals surface area contributed by atoms with E-state index >= 15 is 0 Å². The molecular weight excluding hydrogens is 570 g/mol. The third-order valence-electron chi connectivity index (χ3n) is 4.65. The second kappa shape index (κ2) is 23.7. The van der Waals surface area contributed by atoms with E-state index in [1.807, 2.05) is 0 Å². The number of ether oxygens (including phenoxy) is 5. The lowest BCUT2D eigenvalue weighted by Crippen LogP contribution is -2.55. The summed E-state index contributed by atoms with van der Waals surface area (Å²) in [6, 6.07) is -2.36. The van der Waals surface area contributed by atoms with Gasteiger partial charge in [-0.05, 0) is 0 Å². The molecule has 0 unspecified atom stereocenters. The van der Waals surface area contributed by atoms with E-state index in [0.29, 0.717) is 0 Å². The molecule has 0 saturated heterocycles. The van der Waals surface area contributed by atoms with Crippen LogP contribution in [-0.4, -0.2) is 135 Å². The van der Waals surface area contributed by atoms with Gasteiger partial charge in [0.15, 0.2) is 0 Å². The summed E-state index contributed by atoms with van der Waals surface area (Å²) < 4.78 is 25.6. The highest BCUT2D eigenvalue weighted by Crippen LogP contribution is 2.10. The first kappa shape index (κ1) is 38.0. The number of hydrogen-bond acceptors (Lipinski definition) is 13. The van der Waals surface area contributed by atoms with E-state index in [9.17, 15) is 33.9 Å². The van der Waals surface area contributed by atoms with Crippen LogP contribution in [0.25, 0.3) is 0 Å². The van der Waals surface area contributed by atoms with Gasteiger partial charge < -0.3 is 49.8 Å². The summed E-state index contributed by atoms with van der Waals surface area (Å²) in [7, 11) is 0. The normalized spacial score (nSPS) is 12.9. The van der Waals surface area contributed by atoms with Gasteiger partial charge in [-0.2, -0.15) is 11.8 Å². The maximum absolute atomic E-state index is 12.8. The monoisotopic (exact) mass is 611 g/mol.